The van der Waals surface area contributed by atoms with Crippen LogP contribution in [-0.2, 0) is 15.0 Å². The molecular formula is C22H24N4O3. The third kappa shape index (κ3) is 2.97. The van der Waals surface area contributed by atoms with Crippen LogP contribution in [0.3, 0.4) is 0 Å². The zero-order chi connectivity index (χ0) is 20.0. The number of para-hydroxylation sites is 1. The van der Waals surface area contributed by atoms with Gasteiger partial charge < -0.3 is 15.3 Å². The zero-order valence-electron chi connectivity index (χ0n) is 16.0. The number of benzene rings is 2. The number of phenols is 1. The first-order valence-corrected chi connectivity index (χ1v) is 10.1. The van der Waals surface area contributed by atoms with Crippen molar-refractivity contribution in [1.29, 1.82) is 0 Å². The van der Waals surface area contributed by atoms with E-state index in [1.54, 1.807) is 12.1 Å². The first kappa shape index (κ1) is 18.1. The molecule has 3 aliphatic heterocycles. The van der Waals surface area contributed by atoms with Gasteiger partial charge in [0.15, 0.2) is 0 Å². The monoisotopic (exact) mass is 392 g/mol. The van der Waals surface area contributed by atoms with Gasteiger partial charge >= 0.3 is 0 Å². The maximum atomic E-state index is 13.0. The van der Waals surface area contributed by atoms with E-state index >= 15 is 0 Å². The normalized spacial score (nSPS) is 25.1. The topological polar surface area (TPSA) is 93.7 Å². The summed E-state index contributed by atoms with van der Waals surface area (Å²) in [7, 11) is 0. The minimum absolute atomic E-state index is 0.0215. The van der Waals surface area contributed by atoms with E-state index in [1.807, 2.05) is 41.3 Å². The number of aromatic hydroxyl groups is 1. The Morgan fingerprint density at radius 3 is 2.52 bits per heavy atom. The van der Waals surface area contributed by atoms with Gasteiger partial charge in [-0.15, -0.1) is 0 Å². The molecule has 150 valence electrons. The summed E-state index contributed by atoms with van der Waals surface area (Å²) in [6.07, 6.45) is 1.93. The van der Waals surface area contributed by atoms with E-state index in [2.05, 4.69) is 16.2 Å². The van der Waals surface area contributed by atoms with Gasteiger partial charge in [-0.3, -0.25) is 9.59 Å². The van der Waals surface area contributed by atoms with Crippen molar-refractivity contribution < 1.29 is 14.7 Å². The Labute approximate surface area is 169 Å². The lowest BCUT2D eigenvalue weighted by Gasteiger charge is -2.38. The molecule has 4 N–H and O–H groups in total. The van der Waals surface area contributed by atoms with Crippen LogP contribution in [0.5, 0.6) is 5.75 Å². The number of amides is 2. The van der Waals surface area contributed by atoms with Crippen molar-refractivity contribution in [1.82, 2.24) is 15.8 Å². The number of hydrogen-bond acceptors (Lipinski definition) is 5. The van der Waals surface area contributed by atoms with Crippen molar-refractivity contribution in [3.05, 3.63) is 59.7 Å². The molecule has 2 unspecified atom stereocenters. The van der Waals surface area contributed by atoms with E-state index < -0.39 is 5.41 Å². The van der Waals surface area contributed by atoms with Gasteiger partial charge in [0.1, 0.15) is 11.8 Å². The number of fused-ring (bicyclic) bond motifs is 2. The van der Waals surface area contributed by atoms with E-state index in [4.69, 9.17) is 0 Å². The highest BCUT2D eigenvalue weighted by Crippen LogP contribution is 2.44. The van der Waals surface area contributed by atoms with E-state index in [0.717, 1.165) is 16.8 Å². The Kier molecular flexibility index (Phi) is 4.29. The van der Waals surface area contributed by atoms with Gasteiger partial charge in [0.2, 0.25) is 11.8 Å². The number of likely N-dealkylation sites (tertiary alicyclic amines) is 1. The predicted octanol–water partition coefficient (Wildman–Crippen LogP) is 1.81. The molecule has 2 aromatic carbocycles. The fourth-order valence-electron chi connectivity index (χ4n) is 4.84. The highest BCUT2D eigenvalue weighted by atomic mass is 16.3. The Balaban J connectivity index is 1.24. The Bertz CT molecular complexity index is 951. The molecule has 2 atom stereocenters. The predicted molar refractivity (Wildman–Crippen MR) is 108 cm³/mol. The number of carbonyl (C=O) groups is 2. The molecule has 0 bridgehead atoms. The van der Waals surface area contributed by atoms with Crippen molar-refractivity contribution in [3.63, 3.8) is 0 Å². The van der Waals surface area contributed by atoms with Crippen LogP contribution in [0.1, 0.15) is 36.4 Å². The van der Waals surface area contributed by atoms with Crippen molar-refractivity contribution in [2.75, 3.05) is 18.4 Å². The average Bonchev–Trinajstić information content (AvgIpc) is 3.33. The molecule has 0 radical (unpaired) electrons. The lowest BCUT2D eigenvalue weighted by molar-refractivity contribution is -0.136. The molecule has 2 amide bonds. The average molecular weight is 392 g/mol. The van der Waals surface area contributed by atoms with Crippen LogP contribution < -0.4 is 16.2 Å². The highest BCUT2D eigenvalue weighted by molar-refractivity contribution is 6.06. The van der Waals surface area contributed by atoms with Crippen LogP contribution in [0.2, 0.25) is 0 Å². The molecule has 2 fully saturated rings. The summed E-state index contributed by atoms with van der Waals surface area (Å²) in [5.74, 6) is 0.353. The SMILES string of the molecule is O=C(C1CC(c2ccc(O)cc2)NN1)N1CCC2(CC1)C(=O)Nc1ccccc12. The van der Waals surface area contributed by atoms with Crippen molar-refractivity contribution in [2.45, 2.75) is 36.8 Å². The smallest absolute Gasteiger partial charge is 0.241 e. The fraction of sp³-hybridized carbons (Fsp3) is 0.364. The van der Waals surface area contributed by atoms with Gasteiger partial charge in [0, 0.05) is 24.8 Å². The molecule has 0 saturated carbocycles. The van der Waals surface area contributed by atoms with Crippen LogP contribution in [0.4, 0.5) is 5.69 Å². The van der Waals surface area contributed by atoms with Gasteiger partial charge in [-0.1, -0.05) is 30.3 Å². The number of piperidine rings is 1. The van der Waals surface area contributed by atoms with Crippen molar-refractivity contribution in [2.24, 2.45) is 0 Å². The maximum Gasteiger partial charge on any atom is 0.241 e. The first-order chi connectivity index (χ1) is 14.1. The molecule has 29 heavy (non-hydrogen) atoms. The lowest BCUT2D eigenvalue weighted by atomic mass is 9.73. The summed E-state index contributed by atoms with van der Waals surface area (Å²) < 4.78 is 0. The molecular weight excluding hydrogens is 368 g/mol. The summed E-state index contributed by atoms with van der Waals surface area (Å²) in [5.41, 5.74) is 8.79. The van der Waals surface area contributed by atoms with E-state index in [9.17, 15) is 14.7 Å². The first-order valence-electron chi connectivity index (χ1n) is 10.1. The number of hydrogen-bond donors (Lipinski definition) is 4. The molecule has 2 aromatic rings. The third-order valence-corrected chi connectivity index (χ3v) is 6.55. The number of rotatable bonds is 2. The van der Waals surface area contributed by atoms with Crippen LogP contribution >= 0.6 is 0 Å². The molecule has 0 aliphatic carbocycles. The van der Waals surface area contributed by atoms with Crippen molar-refractivity contribution >= 4 is 17.5 Å². The van der Waals surface area contributed by atoms with Gasteiger partial charge in [-0.2, -0.15) is 0 Å². The third-order valence-electron chi connectivity index (χ3n) is 6.55. The Hall–Kier alpha value is -2.90. The molecule has 0 aromatic heterocycles. The summed E-state index contributed by atoms with van der Waals surface area (Å²) in [6, 6.07) is 14.6. The van der Waals surface area contributed by atoms with Crippen LogP contribution in [-0.4, -0.2) is 41.0 Å². The van der Waals surface area contributed by atoms with Crippen LogP contribution in [0.25, 0.3) is 0 Å². The fourth-order valence-corrected chi connectivity index (χ4v) is 4.84. The Morgan fingerprint density at radius 2 is 1.76 bits per heavy atom. The molecule has 2 saturated heterocycles. The highest BCUT2D eigenvalue weighted by Gasteiger charge is 2.49. The van der Waals surface area contributed by atoms with Gasteiger partial charge in [-0.05, 0) is 48.6 Å². The lowest BCUT2D eigenvalue weighted by Crippen LogP contribution is -2.52. The number of nitrogens with one attached hydrogen (secondary N) is 3. The summed E-state index contributed by atoms with van der Waals surface area (Å²) in [4.78, 5) is 27.6. The largest absolute Gasteiger partial charge is 0.508 e. The van der Waals surface area contributed by atoms with Crippen molar-refractivity contribution in [3.8, 4) is 5.75 Å². The quantitative estimate of drug-likeness (QED) is 0.626. The summed E-state index contributed by atoms with van der Waals surface area (Å²) >= 11 is 0. The molecule has 3 heterocycles. The standard InChI is InChI=1S/C22H24N4O3/c27-15-7-5-14(6-8-15)18-13-19(25-24-18)20(28)26-11-9-22(10-12-26)16-3-1-2-4-17(16)23-21(22)29/h1-8,18-19,24-25,27H,9-13H2,(H,23,29). The summed E-state index contributed by atoms with van der Waals surface area (Å²) in [6.45, 7) is 1.14. The molecule has 7 nitrogen and oxygen atoms in total. The number of anilines is 1. The zero-order valence-corrected chi connectivity index (χ0v) is 16.0. The van der Waals surface area contributed by atoms with Crippen LogP contribution in [0, 0.1) is 0 Å². The Morgan fingerprint density at radius 1 is 1.03 bits per heavy atom. The number of carbonyl (C=O) groups excluding carboxylic acids is 2. The van der Waals surface area contributed by atoms with Gasteiger partial charge in [0.25, 0.3) is 0 Å². The maximum absolute atomic E-state index is 13.0. The second kappa shape index (κ2) is 6.86. The van der Waals surface area contributed by atoms with E-state index in [-0.39, 0.29) is 29.6 Å². The molecule has 3 aliphatic rings. The molecule has 7 heteroatoms. The molecule has 1 spiro atoms. The summed E-state index contributed by atoms with van der Waals surface area (Å²) in [5, 5.41) is 12.5. The number of nitrogens with zero attached hydrogens (tertiary/aromatic N) is 1. The van der Waals surface area contributed by atoms with E-state index in [0.29, 0.717) is 32.4 Å². The van der Waals surface area contributed by atoms with Gasteiger partial charge in [-0.25, -0.2) is 10.9 Å². The molecule has 5 rings (SSSR count). The van der Waals surface area contributed by atoms with E-state index in [1.165, 1.54) is 0 Å². The second-order valence-corrected chi connectivity index (χ2v) is 8.13. The number of phenolic OH excluding ortho intramolecular Hbond substituents is 1. The minimum atomic E-state index is -0.511. The second-order valence-electron chi connectivity index (χ2n) is 8.13. The van der Waals surface area contributed by atoms with Gasteiger partial charge in [0.05, 0.1) is 5.41 Å². The van der Waals surface area contributed by atoms with Crippen LogP contribution in [0.15, 0.2) is 48.5 Å². The number of hydrazine groups is 1. The minimum Gasteiger partial charge on any atom is -0.508 e.